The molecule has 2 N–H and O–H groups in total. The Morgan fingerprint density at radius 3 is 2.54 bits per heavy atom. The van der Waals surface area contributed by atoms with Crippen molar-refractivity contribution in [3.05, 3.63) is 53.1 Å². The van der Waals surface area contributed by atoms with E-state index in [1.807, 2.05) is 37.3 Å². The van der Waals surface area contributed by atoms with Crippen LogP contribution in [-0.4, -0.2) is 25.5 Å². The molecule has 2 aromatic rings. The highest BCUT2D eigenvalue weighted by Gasteiger charge is 2.12. The zero-order valence-corrected chi connectivity index (χ0v) is 14.6. The molecule has 1 heterocycles. The molecule has 1 aliphatic heterocycles. The maximum absolute atomic E-state index is 12.1. The third-order valence-corrected chi connectivity index (χ3v) is 4.50. The Hall–Kier alpha value is -2.20. The Bertz CT molecular complexity index is 709. The standard InChI is InChI=1S/C19H22ClN3O/c1-14-4-5-15(20)12-18(14)21-13-19(24)22-16-6-8-17(9-7-16)23-10-2-3-11-23/h4-9,12,21H,2-3,10-11,13H2,1H3,(H,22,24). The van der Waals surface area contributed by atoms with Crippen LogP contribution in [0.25, 0.3) is 0 Å². The number of benzene rings is 2. The fraction of sp³-hybridized carbons (Fsp3) is 0.316. The van der Waals surface area contributed by atoms with Crippen molar-refractivity contribution in [3.8, 4) is 0 Å². The van der Waals surface area contributed by atoms with Crippen molar-refractivity contribution in [2.45, 2.75) is 19.8 Å². The third kappa shape index (κ3) is 4.20. The predicted octanol–water partition coefficient (Wildman–Crippen LogP) is 4.30. The number of aryl methyl sites for hydroxylation is 1. The summed E-state index contributed by atoms with van der Waals surface area (Å²) in [6, 6.07) is 13.6. The highest BCUT2D eigenvalue weighted by molar-refractivity contribution is 6.30. The molecule has 0 unspecified atom stereocenters. The fourth-order valence-electron chi connectivity index (χ4n) is 2.90. The number of halogens is 1. The second-order valence-electron chi connectivity index (χ2n) is 6.10. The first kappa shape index (κ1) is 16.7. The van der Waals surface area contributed by atoms with Gasteiger partial charge in [0, 0.05) is 35.2 Å². The Morgan fingerprint density at radius 1 is 1.12 bits per heavy atom. The van der Waals surface area contributed by atoms with E-state index in [0.29, 0.717) is 5.02 Å². The van der Waals surface area contributed by atoms with E-state index in [-0.39, 0.29) is 12.5 Å². The predicted molar refractivity (Wildman–Crippen MR) is 101 cm³/mol. The Balaban J connectivity index is 1.53. The molecule has 0 bridgehead atoms. The monoisotopic (exact) mass is 343 g/mol. The summed E-state index contributed by atoms with van der Waals surface area (Å²) in [5, 5.41) is 6.69. The highest BCUT2D eigenvalue weighted by atomic mass is 35.5. The first-order valence-electron chi connectivity index (χ1n) is 8.27. The minimum absolute atomic E-state index is 0.0803. The summed E-state index contributed by atoms with van der Waals surface area (Å²) >= 11 is 5.99. The fourth-order valence-corrected chi connectivity index (χ4v) is 3.07. The summed E-state index contributed by atoms with van der Waals surface area (Å²) in [7, 11) is 0. The van der Waals surface area contributed by atoms with Crippen LogP contribution in [0.4, 0.5) is 17.1 Å². The van der Waals surface area contributed by atoms with Crippen molar-refractivity contribution >= 4 is 34.6 Å². The van der Waals surface area contributed by atoms with Gasteiger partial charge in [-0.05, 0) is 61.7 Å². The van der Waals surface area contributed by atoms with Crippen LogP contribution in [-0.2, 0) is 4.79 Å². The Kier molecular flexibility index (Phi) is 5.26. The maximum Gasteiger partial charge on any atom is 0.243 e. The van der Waals surface area contributed by atoms with E-state index < -0.39 is 0 Å². The molecule has 2 aromatic carbocycles. The Morgan fingerprint density at radius 2 is 1.83 bits per heavy atom. The number of nitrogens with one attached hydrogen (secondary N) is 2. The molecule has 1 aliphatic rings. The van der Waals surface area contributed by atoms with Gasteiger partial charge in [0.15, 0.2) is 0 Å². The molecule has 0 aromatic heterocycles. The van der Waals surface area contributed by atoms with Gasteiger partial charge in [-0.25, -0.2) is 0 Å². The van der Waals surface area contributed by atoms with Gasteiger partial charge >= 0.3 is 0 Å². The summed E-state index contributed by atoms with van der Waals surface area (Å²) in [4.78, 5) is 14.5. The lowest BCUT2D eigenvalue weighted by atomic mass is 10.2. The topological polar surface area (TPSA) is 44.4 Å². The van der Waals surface area contributed by atoms with E-state index in [0.717, 1.165) is 30.0 Å². The number of carbonyl (C=O) groups is 1. The normalized spacial score (nSPS) is 13.8. The lowest BCUT2D eigenvalue weighted by molar-refractivity contribution is -0.114. The van der Waals surface area contributed by atoms with E-state index >= 15 is 0 Å². The van der Waals surface area contributed by atoms with E-state index in [4.69, 9.17) is 11.6 Å². The molecule has 0 spiro atoms. The SMILES string of the molecule is Cc1ccc(Cl)cc1NCC(=O)Nc1ccc(N2CCCC2)cc1. The number of carbonyl (C=O) groups excluding carboxylic acids is 1. The van der Waals surface area contributed by atoms with Crippen LogP contribution in [0.15, 0.2) is 42.5 Å². The number of anilines is 3. The third-order valence-electron chi connectivity index (χ3n) is 4.26. The number of hydrogen-bond donors (Lipinski definition) is 2. The molecule has 0 radical (unpaired) electrons. The number of hydrogen-bond acceptors (Lipinski definition) is 3. The molecule has 1 fully saturated rings. The lowest BCUT2D eigenvalue weighted by Crippen LogP contribution is -2.22. The van der Waals surface area contributed by atoms with E-state index in [1.54, 1.807) is 0 Å². The van der Waals surface area contributed by atoms with Crippen LogP contribution in [0.5, 0.6) is 0 Å². The summed E-state index contributed by atoms with van der Waals surface area (Å²) in [5.74, 6) is -0.0803. The molecule has 0 saturated carbocycles. The Labute approximate surface area is 147 Å². The van der Waals surface area contributed by atoms with Crippen LogP contribution in [0.1, 0.15) is 18.4 Å². The van der Waals surface area contributed by atoms with Gasteiger partial charge in [0.25, 0.3) is 0 Å². The molecular formula is C19H22ClN3O. The molecule has 24 heavy (non-hydrogen) atoms. The first-order chi connectivity index (χ1) is 11.6. The molecular weight excluding hydrogens is 322 g/mol. The van der Waals surface area contributed by atoms with Crippen molar-refractivity contribution in [3.63, 3.8) is 0 Å². The highest BCUT2D eigenvalue weighted by Crippen LogP contribution is 2.22. The zero-order chi connectivity index (χ0) is 16.9. The molecule has 0 aliphatic carbocycles. The van der Waals surface area contributed by atoms with Gasteiger partial charge in [-0.2, -0.15) is 0 Å². The largest absolute Gasteiger partial charge is 0.376 e. The molecule has 126 valence electrons. The number of rotatable bonds is 5. The van der Waals surface area contributed by atoms with Crippen molar-refractivity contribution in [2.75, 3.05) is 35.2 Å². The van der Waals surface area contributed by atoms with Gasteiger partial charge < -0.3 is 15.5 Å². The van der Waals surface area contributed by atoms with Gasteiger partial charge in [0.2, 0.25) is 5.91 Å². The summed E-state index contributed by atoms with van der Waals surface area (Å²) in [5.41, 5.74) is 3.97. The van der Waals surface area contributed by atoms with Crippen molar-refractivity contribution in [1.82, 2.24) is 0 Å². The molecule has 1 amide bonds. The molecule has 5 heteroatoms. The van der Waals surface area contributed by atoms with Gasteiger partial charge in [0.1, 0.15) is 0 Å². The zero-order valence-electron chi connectivity index (χ0n) is 13.8. The van der Waals surface area contributed by atoms with Crippen molar-refractivity contribution in [1.29, 1.82) is 0 Å². The van der Waals surface area contributed by atoms with Gasteiger partial charge in [-0.3, -0.25) is 4.79 Å². The quantitative estimate of drug-likeness (QED) is 0.850. The van der Waals surface area contributed by atoms with Gasteiger partial charge in [-0.15, -0.1) is 0 Å². The molecule has 3 rings (SSSR count). The lowest BCUT2D eigenvalue weighted by Gasteiger charge is -2.18. The van der Waals surface area contributed by atoms with Crippen LogP contribution >= 0.6 is 11.6 Å². The van der Waals surface area contributed by atoms with Crippen LogP contribution < -0.4 is 15.5 Å². The smallest absolute Gasteiger partial charge is 0.243 e. The summed E-state index contributed by atoms with van der Waals surface area (Å²) in [6.45, 7) is 4.42. The second kappa shape index (κ2) is 7.58. The minimum Gasteiger partial charge on any atom is -0.376 e. The number of amides is 1. The number of nitrogens with zero attached hydrogens (tertiary/aromatic N) is 1. The summed E-state index contributed by atoms with van der Waals surface area (Å²) < 4.78 is 0. The average Bonchev–Trinajstić information content (AvgIpc) is 3.11. The van der Waals surface area contributed by atoms with Crippen LogP contribution in [0, 0.1) is 6.92 Å². The van der Waals surface area contributed by atoms with Gasteiger partial charge in [-0.1, -0.05) is 17.7 Å². The van der Waals surface area contributed by atoms with E-state index in [1.165, 1.54) is 18.5 Å². The molecule has 4 nitrogen and oxygen atoms in total. The second-order valence-corrected chi connectivity index (χ2v) is 6.54. The van der Waals surface area contributed by atoms with Crippen LogP contribution in [0.3, 0.4) is 0 Å². The minimum atomic E-state index is -0.0803. The van der Waals surface area contributed by atoms with Crippen molar-refractivity contribution in [2.24, 2.45) is 0 Å². The maximum atomic E-state index is 12.1. The first-order valence-corrected chi connectivity index (χ1v) is 8.64. The van der Waals surface area contributed by atoms with Crippen LogP contribution in [0.2, 0.25) is 5.02 Å². The molecule has 0 atom stereocenters. The van der Waals surface area contributed by atoms with Gasteiger partial charge in [0.05, 0.1) is 6.54 Å². The van der Waals surface area contributed by atoms with E-state index in [2.05, 4.69) is 27.7 Å². The van der Waals surface area contributed by atoms with Crippen molar-refractivity contribution < 1.29 is 4.79 Å². The average molecular weight is 344 g/mol. The summed E-state index contributed by atoms with van der Waals surface area (Å²) in [6.07, 6.45) is 2.51. The van der Waals surface area contributed by atoms with E-state index in [9.17, 15) is 4.79 Å². The molecule has 1 saturated heterocycles.